The van der Waals surface area contributed by atoms with Crippen LogP contribution in [0.1, 0.15) is 34.1 Å². The molecule has 7 heteroatoms. The maximum absolute atomic E-state index is 12.3. The Hall–Kier alpha value is -3.06. The van der Waals surface area contributed by atoms with Crippen LogP contribution < -0.4 is 5.43 Å². The molecule has 0 amide bonds. The van der Waals surface area contributed by atoms with Crippen LogP contribution in [0.2, 0.25) is 0 Å². The lowest BCUT2D eigenvalue weighted by Crippen LogP contribution is -2.09. The molecule has 0 aliphatic rings. The molecule has 3 aromatic rings. The molecule has 0 unspecified atom stereocenters. The number of hydrogen-bond acceptors (Lipinski definition) is 7. The van der Waals surface area contributed by atoms with Crippen molar-refractivity contribution in [1.29, 1.82) is 0 Å². The second kappa shape index (κ2) is 8.55. The zero-order chi connectivity index (χ0) is 19.2. The van der Waals surface area contributed by atoms with Crippen molar-refractivity contribution in [3.05, 3.63) is 64.3 Å². The number of carbonyl (C=O) groups is 1. The van der Waals surface area contributed by atoms with Gasteiger partial charge in [-0.1, -0.05) is 24.3 Å². The van der Waals surface area contributed by atoms with Crippen molar-refractivity contribution in [2.24, 2.45) is 5.10 Å². The standard InChI is InChI=1S/C20H20N4O2S/c1-4-26-19(25)17-13(2)9-10-21-18(17)16-7-5-15(6-8-16)11-22-24-20-23-14(3)12-27-20/h5-12H,4H2,1-3H3,(H,23,24). The van der Waals surface area contributed by atoms with Gasteiger partial charge < -0.3 is 4.74 Å². The number of anilines is 1. The van der Waals surface area contributed by atoms with E-state index in [1.165, 1.54) is 11.3 Å². The Balaban J connectivity index is 1.79. The zero-order valence-electron chi connectivity index (χ0n) is 15.4. The van der Waals surface area contributed by atoms with Gasteiger partial charge in [0.25, 0.3) is 0 Å². The highest BCUT2D eigenvalue weighted by atomic mass is 32.1. The van der Waals surface area contributed by atoms with Gasteiger partial charge in [-0.3, -0.25) is 10.4 Å². The predicted molar refractivity (Wildman–Crippen MR) is 108 cm³/mol. The molecule has 2 aromatic heterocycles. The lowest BCUT2D eigenvalue weighted by Gasteiger charge is -2.11. The first-order chi connectivity index (χ1) is 13.1. The molecule has 0 atom stereocenters. The molecule has 0 saturated carbocycles. The average Bonchev–Trinajstić information content (AvgIpc) is 3.07. The first-order valence-corrected chi connectivity index (χ1v) is 9.41. The van der Waals surface area contributed by atoms with Gasteiger partial charge in [0.15, 0.2) is 0 Å². The molecule has 0 aliphatic carbocycles. The third-order valence-corrected chi connectivity index (χ3v) is 4.68. The summed E-state index contributed by atoms with van der Waals surface area (Å²) in [4.78, 5) is 21.0. The highest BCUT2D eigenvalue weighted by Gasteiger charge is 2.17. The molecule has 1 aromatic carbocycles. The Bertz CT molecular complexity index is 964. The summed E-state index contributed by atoms with van der Waals surface area (Å²) in [6, 6.07) is 9.49. The van der Waals surface area contributed by atoms with E-state index >= 15 is 0 Å². The molecule has 0 saturated heterocycles. The number of thiazole rings is 1. The molecular weight excluding hydrogens is 360 g/mol. The number of esters is 1. The Morgan fingerprint density at radius 3 is 2.70 bits per heavy atom. The van der Waals surface area contributed by atoms with Crippen molar-refractivity contribution >= 4 is 28.7 Å². The molecule has 6 nitrogen and oxygen atoms in total. The van der Waals surface area contributed by atoms with E-state index in [-0.39, 0.29) is 5.97 Å². The summed E-state index contributed by atoms with van der Waals surface area (Å²) in [5.41, 5.74) is 7.60. The molecule has 0 fully saturated rings. The predicted octanol–water partition coefficient (Wildman–Crippen LogP) is 4.44. The van der Waals surface area contributed by atoms with Gasteiger partial charge in [0.05, 0.1) is 29.8 Å². The molecule has 27 heavy (non-hydrogen) atoms. The highest BCUT2D eigenvalue weighted by Crippen LogP contribution is 2.25. The number of nitrogens with one attached hydrogen (secondary N) is 1. The van der Waals surface area contributed by atoms with E-state index in [9.17, 15) is 4.79 Å². The normalized spacial score (nSPS) is 10.9. The van der Waals surface area contributed by atoms with Crippen molar-refractivity contribution in [2.75, 3.05) is 12.0 Å². The molecular formula is C20H20N4O2S. The van der Waals surface area contributed by atoms with Crippen molar-refractivity contribution < 1.29 is 9.53 Å². The lowest BCUT2D eigenvalue weighted by atomic mass is 10.0. The van der Waals surface area contributed by atoms with Crippen LogP contribution in [0.4, 0.5) is 5.13 Å². The van der Waals surface area contributed by atoms with E-state index in [1.54, 1.807) is 19.3 Å². The van der Waals surface area contributed by atoms with Gasteiger partial charge in [-0.2, -0.15) is 5.10 Å². The number of hydrazone groups is 1. The van der Waals surface area contributed by atoms with E-state index in [4.69, 9.17) is 4.74 Å². The summed E-state index contributed by atoms with van der Waals surface area (Å²) in [6.07, 6.45) is 3.42. The smallest absolute Gasteiger partial charge is 0.340 e. The number of ether oxygens (including phenoxy) is 1. The van der Waals surface area contributed by atoms with Crippen LogP contribution in [0.25, 0.3) is 11.3 Å². The number of rotatable bonds is 6. The quantitative estimate of drug-likeness (QED) is 0.388. The van der Waals surface area contributed by atoms with Crippen LogP contribution in [0.5, 0.6) is 0 Å². The Morgan fingerprint density at radius 1 is 1.26 bits per heavy atom. The minimum atomic E-state index is -0.355. The Kier molecular flexibility index (Phi) is 5.93. The highest BCUT2D eigenvalue weighted by molar-refractivity contribution is 7.13. The minimum absolute atomic E-state index is 0.327. The van der Waals surface area contributed by atoms with Crippen LogP contribution in [0.15, 0.2) is 47.0 Å². The third kappa shape index (κ3) is 4.57. The monoisotopic (exact) mass is 380 g/mol. The average molecular weight is 380 g/mol. The lowest BCUT2D eigenvalue weighted by molar-refractivity contribution is 0.0526. The summed E-state index contributed by atoms with van der Waals surface area (Å²) in [5.74, 6) is -0.355. The van der Waals surface area contributed by atoms with Crippen LogP contribution in [0.3, 0.4) is 0 Å². The van der Waals surface area contributed by atoms with Crippen molar-refractivity contribution in [2.45, 2.75) is 20.8 Å². The zero-order valence-corrected chi connectivity index (χ0v) is 16.2. The molecule has 1 N–H and O–H groups in total. The number of carbonyl (C=O) groups excluding carboxylic acids is 1. The number of benzene rings is 1. The van der Waals surface area contributed by atoms with Gasteiger partial charge in [0.1, 0.15) is 0 Å². The van der Waals surface area contributed by atoms with E-state index in [2.05, 4.69) is 20.5 Å². The third-order valence-electron chi connectivity index (χ3n) is 3.82. The maximum atomic E-state index is 12.3. The van der Waals surface area contributed by atoms with Gasteiger partial charge in [0.2, 0.25) is 5.13 Å². The molecule has 3 rings (SSSR count). The topological polar surface area (TPSA) is 76.5 Å². The molecule has 0 spiro atoms. The number of hydrogen-bond donors (Lipinski definition) is 1. The number of aromatic nitrogens is 2. The van der Waals surface area contributed by atoms with E-state index in [0.29, 0.717) is 17.9 Å². The first kappa shape index (κ1) is 18.7. The molecule has 0 bridgehead atoms. The second-order valence-electron chi connectivity index (χ2n) is 5.86. The van der Waals surface area contributed by atoms with Gasteiger partial charge in [-0.15, -0.1) is 11.3 Å². The van der Waals surface area contributed by atoms with Gasteiger partial charge in [-0.05, 0) is 38.0 Å². The number of nitrogens with zero attached hydrogens (tertiary/aromatic N) is 3. The second-order valence-corrected chi connectivity index (χ2v) is 6.72. The Morgan fingerprint density at radius 2 is 2.04 bits per heavy atom. The van der Waals surface area contributed by atoms with Gasteiger partial charge >= 0.3 is 5.97 Å². The van der Waals surface area contributed by atoms with Gasteiger partial charge in [0, 0.05) is 17.1 Å². The van der Waals surface area contributed by atoms with Crippen molar-refractivity contribution in [3.8, 4) is 11.3 Å². The Labute approximate surface area is 162 Å². The first-order valence-electron chi connectivity index (χ1n) is 8.53. The molecule has 2 heterocycles. The van der Waals surface area contributed by atoms with E-state index < -0.39 is 0 Å². The molecule has 0 radical (unpaired) electrons. The van der Waals surface area contributed by atoms with E-state index in [0.717, 1.165) is 27.5 Å². The summed E-state index contributed by atoms with van der Waals surface area (Å²) >= 11 is 1.51. The maximum Gasteiger partial charge on any atom is 0.340 e. The van der Waals surface area contributed by atoms with E-state index in [1.807, 2.05) is 49.6 Å². The van der Waals surface area contributed by atoms with Crippen molar-refractivity contribution in [3.63, 3.8) is 0 Å². The van der Waals surface area contributed by atoms with Gasteiger partial charge in [-0.25, -0.2) is 9.78 Å². The fourth-order valence-corrected chi connectivity index (χ4v) is 3.17. The number of aryl methyl sites for hydroxylation is 2. The van der Waals surface area contributed by atoms with Crippen LogP contribution in [0, 0.1) is 13.8 Å². The summed E-state index contributed by atoms with van der Waals surface area (Å²) in [5, 5.41) is 6.91. The summed E-state index contributed by atoms with van der Waals surface area (Å²) < 4.78 is 5.18. The largest absolute Gasteiger partial charge is 0.462 e. The van der Waals surface area contributed by atoms with Crippen molar-refractivity contribution in [1.82, 2.24) is 9.97 Å². The number of pyridine rings is 1. The fourth-order valence-electron chi connectivity index (χ4n) is 2.53. The van der Waals surface area contributed by atoms with Crippen LogP contribution in [-0.4, -0.2) is 28.8 Å². The fraction of sp³-hybridized carbons (Fsp3) is 0.200. The molecule has 138 valence electrons. The summed E-state index contributed by atoms with van der Waals surface area (Å²) in [6.45, 7) is 5.94. The molecule has 0 aliphatic heterocycles. The van der Waals surface area contributed by atoms with Crippen LogP contribution >= 0.6 is 11.3 Å². The summed E-state index contributed by atoms with van der Waals surface area (Å²) in [7, 11) is 0. The minimum Gasteiger partial charge on any atom is -0.462 e. The SMILES string of the molecule is CCOC(=O)c1c(C)ccnc1-c1ccc(C=NNc2nc(C)cs2)cc1. The van der Waals surface area contributed by atoms with Crippen LogP contribution in [-0.2, 0) is 4.74 Å².